The Morgan fingerprint density at radius 2 is 1.68 bits per heavy atom. The number of ether oxygens (including phenoxy) is 2. The van der Waals surface area contributed by atoms with Crippen molar-refractivity contribution in [2.45, 2.75) is 18.2 Å². The maximum absolute atomic E-state index is 13.0. The van der Waals surface area contributed by atoms with Gasteiger partial charge in [-0.1, -0.05) is 48.2 Å². The van der Waals surface area contributed by atoms with Crippen LogP contribution in [0.4, 0.5) is 5.69 Å². The Bertz CT molecular complexity index is 1270. The highest BCUT2D eigenvalue weighted by Crippen LogP contribution is 2.29. The molecule has 1 aromatic heterocycles. The third-order valence-electron chi connectivity index (χ3n) is 5.66. The average molecular weight is 473 g/mol. The zero-order valence-electron chi connectivity index (χ0n) is 18.8. The Kier molecular flexibility index (Phi) is 6.49. The molecule has 0 radical (unpaired) electrons. The van der Waals surface area contributed by atoms with Gasteiger partial charge in [0.15, 0.2) is 11.0 Å². The number of benzene rings is 3. The number of thioether (sulfide) groups is 1. The van der Waals surface area contributed by atoms with Crippen molar-refractivity contribution in [1.29, 1.82) is 0 Å². The van der Waals surface area contributed by atoms with Crippen molar-refractivity contribution in [2.24, 2.45) is 0 Å². The quantitative estimate of drug-likeness (QED) is 0.351. The van der Waals surface area contributed by atoms with Gasteiger partial charge in [-0.25, -0.2) is 0 Å². The van der Waals surface area contributed by atoms with Crippen molar-refractivity contribution in [2.75, 3.05) is 24.3 Å². The lowest BCUT2D eigenvalue weighted by Crippen LogP contribution is -2.30. The minimum Gasteiger partial charge on any atom is -0.497 e. The molecular weight excluding hydrogens is 448 g/mol. The molecule has 0 spiro atoms. The van der Waals surface area contributed by atoms with Crippen LogP contribution in [0.3, 0.4) is 0 Å². The summed E-state index contributed by atoms with van der Waals surface area (Å²) in [5.74, 6) is 2.47. The zero-order valence-corrected chi connectivity index (χ0v) is 19.6. The highest BCUT2D eigenvalue weighted by molar-refractivity contribution is 7.99. The lowest BCUT2D eigenvalue weighted by molar-refractivity contribution is -0.116. The standard InChI is InChI=1S/C26H24N4O3S/c1-32-21-11-13-22(14-12-21)33-17-24-27-28-26(30(24)20-8-3-2-4-9-20)34-18-25(31)29-16-15-19-7-5-6-10-23(19)29/h2-14H,15-18H2,1H3. The van der Waals surface area contributed by atoms with E-state index in [-0.39, 0.29) is 18.3 Å². The second-order valence-corrected chi connectivity index (χ2v) is 8.69. The summed E-state index contributed by atoms with van der Waals surface area (Å²) in [5.41, 5.74) is 3.14. The molecule has 3 aromatic carbocycles. The molecule has 1 amide bonds. The van der Waals surface area contributed by atoms with Crippen LogP contribution >= 0.6 is 11.8 Å². The SMILES string of the molecule is COc1ccc(OCc2nnc(SCC(=O)N3CCc4ccccc43)n2-c2ccccc2)cc1. The topological polar surface area (TPSA) is 69.5 Å². The van der Waals surface area contributed by atoms with Crippen molar-refractivity contribution in [3.63, 3.8) is 0 Å². The fourth-order valence-electron chi connectivity index (χ4n) is 3.95. The van der Waals surface area contributed by atoms with E-state index in [1.54, 1.807) is 7.11 Å². The fraction of sp³-hybridized carbons (Fsp3) is 0.192. The first kappa shape index (κ1) is 22.0. The van der Waals surface area contributed by atoms with Crippen molar-refractivity contribution < 1.29 is 14.3 Å². The van der Waals surface area contributed by atoms with E-state index in [1.807, 2.05) is 82.3 Å². The first-order valence-corrected chi connectivity index (χ1v) is 12.0. The number of para-hydroxylation sites is 2. The number of hydrogen-bond donors (Lipinski definition) is 0. The van der Waals surface area contributed by atoms with Crippen LogP contribution in [0.2, 0.25) is 0 Å². The summed E-state index contributed by atoms with van der Waals surface area (Å²) in [6, 6.07) is 25.3. The third kappa shape index (κ3) is 4.63. The summed E-state index contributed by atoms with van der Waals surface area (Å²) < 4.78 is 13.1. The second kappa shape index (κ2) is 10.0. The zero-order chi connectivity index (χ0) is 23.3. The van der Waals surface area contributed by atoms with E-state index < -0.39 is 0 Å². The van der Waals surface area contributed by atoms with Gasteiger partial charge in [0.05, 0.1) is 12.9 Å². The minimum atomic E-state index is 0.0635. The van der Waals surface area contributed by atoms with Crippen LogP contribution in [0.25, 0.3) is 5.69 Å². The van der Waals surface area contributed by atoms with Gasteiger partial charge in [0, 0.05) is 17.9 Å². The van der Waals surface area contributed by atoms with Gasteiger partial charge in [-0.2, -0.15) is 0 Å². The van der Waals surface area contributed by atoms with Gasteiger partial charge >= 0.3 is 0 Å². The molecule has 5 rings (SSSR count). The third-order valence-corrected chi connectivity index (χ3v) is 6.57. The smallest absolute Gasteiger partial charge is 0.237 e. The molecule has 0 aliphatic carbocycles. The van der Waals surface area contributed by atoms with E-state index in [9.17, 15) is 4.79 Å². The van der Waals surface area contributed by atoms with Gasteiger partial charge in [-0.15, -0.1) is 10.2 Å². The normalized spacial score (nSPS) is 12.4. The van der Waals surface area contributed by atoms with Gasteiger partial charge < -0.3 is 14.4 Å². The Labute approximate surface area is 202 Å². The van der Waals surface area contributed by atoms with Crippen LogP contribution in [0.1, 0.15) is 11.4 Å². The predicted molar refractivity (Wildman–Crippen MR) is 132 cm³/mol. The minimum absolute atomic E-state index is 0.0635. The van der Waals surface area contributed by atoms with Crippen LogP contribution in [-0.2, 0) is 17.8 Å². The summed E-state index contributed by atoms with van der Waals surface area (Å²) in [6.07, 6.45) is 0.889. The number of nitrogens with zero attached hydrogens (tertiary/aromatic N) is 4. The molecule has 1 aliphatic heterocycles. The van der Waals surface area contributed by atoms with Crippen molar-refractivity contribution in [1.82, 2.24) is 14.8 Å². The molecule has 8 heteroatoms. The number of aromatic nitrogens is 3. The lowest BCUT2D eigenvalue weighted by Gasteiger charge is -2.17. The van der Waals surface area contributed by atoms with Crippen LogP contribution in [0.15, 0.2) is 84.0 Å². The van der Waals surface area contributed by atoms with E-state index >= 15 is 0 Å². The monoisotopic (exact) mass is 472 g/mol. The summed E-state index contributed by atoms with van der Waals surface area (Å²) in [5, 5.41) is 9.40. The van der Waals surface area contributed by atoms with Gasteiger partial charge in [0.1, 0.15) is 18.1 Å². The maximum Gasteiger partial charge on any atom is 0.237 e. The van der Waals surface area contributed by atoms with Gasteiger partial charge in [-0.05, 0) is 54.4 Å². The first-order valence-electron chi connectivity index (χ1n) is 11.0. The summed E-state index contributed by atoms with van der Waals surface area (Å²) in [4.78, 5) is 14.9. The molecule has 0 saturated heterocycles. The van der Waals surface area contributed by atoms with Crippen molar-refractivity contribution >= 4 is 23.4 Å². The number of anilines is 1. The number of rotatable bonds is 8. The van der Waals surface area contributed by atoms with E-state index in [1.165, 1.54) is 17.3 Å². The second-order valence-electron chi connectivity index (χ2n) is 7.75. The molecule has 0 N–H and O–H groups in total. The van der Waals surface area contributed by atoms with Crippen LogP contribution in [0, 0.1) is 0 Å². The molecule has 172 valence electrons. The summed E-state index contributed by atoms with van der Waals surface area (Å²) in [6.45, 7) is 0.952. The molecule has 7 nitrogen and oxygen atoms in total. The van der Waals surface area contributed by atoms with E-state index in [0.29, 0.717) is 23.3 Å². The van der Waals surface area contributed by atoms with Crippen molar-refractivity contribution in [3.8, 4) is 17.2 Å². The van der Waals surface area contributed by atoms with Gasteiger partial charge in [0.25, 0.3) is 0 Å². The molecule has 0 fully saturated rings. The molecule has 0 atom stereocenters. The highest BCUT2D eigenvalue weighted by Gasteiger charge is 2.25. The number of methoxy groups -OCH3 is 1. The molecule has 34 heavy (non-hydrogen) atoms. The summed E-state index contributed by atoms with van der Waals surface area (Å²) in [7, 11) is 1.63. The number of amides is 1. The molecule has 0 unspecified atom stereocenters. The fourth-order valence-corrected chi connectivity index (χ4v) is 4.79. The largest absolute Gasteiger partial charge is 0.497 e. The molecule has 4 aromatic rings. The number of hydrogen-bond acceptors (Lipinski definition) is 6. The molecular formula is C26H24N4O3S. The molecule has 0 saturated carbocycles. The summed E-state index contributed by atoms with van der Waals surface area (Å²) >= 11 is 1.38. The Balaban J connectivity index is 1.33. The first-order chi connectivity index (χ1) is 16.7. The highest BCUT2D eigenvalue weighted by atomic mass is 32.2. The predicted octanol–water partition coefficient (Wildman–Crippen LogP) is 4.54. The Morgan fingerprint density at radius 1 is 0.941 bits per heavy atom. The number of carbonyl (C=O) groups is 1. The Morgan fingerprint density at radius 3 is 2.47 bits per heavy atom. The van der Waals surface area contributed by atoms with E-state index in [2.05, 4.69) is 16.3 Å². The van der Waals surface area contributed by atoms with Crippen LogP contribution < -0.4 is 14.4 Å². The van der Waals surface area contributed by atoms with E-state index in [4.69, 9.17) is 9.47 Å². The Hall–Kier alpha value is -3.78. The average Bonchev–Trinajstić information content (AvgIpc) is 3.51. The van der Waals surface area contributed by atoms with Crippen LogP contribution in [-0.4, -0.2) is 40.1 Å². The van der Waals surface area contributed by atoms with Crippen LogP contribution in [0.5, 0.6) is 11.5 Å². The van der Waals surface area contributed by atoms with Crippen molar-refractivity contribution in [3.05, 3.63) is 90.3 Å². The molecule has 1 aliphatic rings. The van der Waals surface area contributed by atoms with E-state index in [0.717, 1.165) is 23.5 Å². The molecule has 0 bridgehead atoms. The number of carbonyl (C=O) groups excluding carboxylic acids is 1. The molecule has 2 heterocycles. The van der Waals surface area contributed by atoms with Gasteiger partial charge in [0.2, 0.25) is 5.91 Å². The maximum atomic E-state index is 13.0. The number of fused-ring (bicyclic) bond motifs is 1. The lowest BCUT2D eigenvalue weighted by atomic mass is 10.2. The van der Waals surface area contributed by atoms with Gasteiger partial charge in [-0.3, -0.25) is 9.36 Å².